The number of hydrogen-bond acceptors (Lipinski definition) is 4. The molecule has 0 bridgehead atoms. The lowest BCUT2D eigenvalue weighted by Gasteiger charge is -2.24. The van der Waals surface area contributed by atoms with Crippen LogP contribution in [0.5, 0.6) is 5.75 Å². The molecule has 3 amide bonds. The molecule has 0 aromatic heterocycles. The fraction of sp³-hybridized carbons (Fsp3) is 0.429. The van der Waals surface area contributed by atoms with Crippen LogP contribution in [-0.4, -0.2) is 44.1 Å². The highest BCUT2D eigenvalue weighted by Crippen LogP contribution is 2.24. The lowest BCUT2D eigenvalue weighted by molar-refractivity contribution is -0.124. The van der Waals surface area contributed by atoms with E-state index in [0.717, 1.165) is 5.56 Å². The molecule has 0 saturated carbocycles. The van der Waals surface area contributed by atoms with Crippen molar-refractivity contribution in [3.63, 3.8) is 0 Å². The van der Waals surface area contributed by atoms with E-state index in [2.05, 4.69) is 10.6 Å². The molecule has 0 aliphatic heterocycles. The first-order valence-corrected chi connectivity index (χ1v) is 6.82. The van der Waals surface area contributed by atoms with Gasteiger partial charge in [0.1, 0.15) is 5.75 Å². The number of nitrogens with one attached hydrogen (secondary N) is 2. The minimum atomic E-state index is -0.527. The van der Waals surface area contributed by atoms with E-state index in [9.17, 15) is 9.59 Å². The zero-order valence-corrected chi connectivity index (χ0v) is 13.3. The summed E-state index contributed by atoms with van der Waals surface area (Å²) in [5.41, 5.74) is 0.868. The van der Waals surface area contributed by atoms with Gasteiger partial charge in [-0.25, -0.2) is 4.79 Å². The first-order valence-electron chi connectivity index (χ1n) is 6.44. The molecule has 0 saturated heterocycles. The summed E-state index contributed by atoms with van der Waals surface area (Å²) in [6, 6.07) is 4.30. The Kier molecular flexibility index (Phi) is 6.45. The van der Waals surface area contributed by atoms with Crippen LogP contribution in [0.3, 0.4) is 0 Å². The predicted molar refractivity (Wildman–Crippen MR) is 81.5 cm³/mol. The van der Waals surface area contributed by atoms with Gasteiger partial charge in [-0.15, -0.1) is 0 Å². The van der Waals surface area contributed by atoms with Crippen LogP contribution in [0.1, 0.15) is 12.5 Å². The molecule has 0 fully saturated rings. The average molecular weight is 314 g/mol. The largest absolute Gasteiger partial charge is 0.496 e. The van der Waals surface area contributed by atoms with Crippen LogP contribution < -0.4 is 15.4 Å². The number of carbonyl (C=O) groups excluding carboxylic acids is 2. The van der Waals surface area contributed by atoms with Gasteiger partial charge in [-0.1, -0.05) is 11.6 Å². The van der Waals surface area contributed by atoms with Gasteiger partial charge in [0.25, 0.3) is 0 Å². The third-order valence-corrected chi connectivity index (χ3v) is 3.40. The minimum Gasteiger partial charge on any atom is -0.496 e. The van der Waals surface area contributed by atoms with Gasteiger partial charge in [0.05, 0.1) is 13.2 Å². The van der Waals surface area contributed by atoms with E-state index in [1.807, 2.05) is 0 Å². The van der Waals surface area contributed by atoms with E-state index in [1.54, 1.807) is 44.2 Å². The fourth-order valence-corrected chi connectivity index (χ4v) is 1.95. The van der Waals surface area contributed by atoms with E-state index in [1.165, 1.54) is 7.05 Å². The molecule has 0 aliphatic carbocycles. The third kappa shape index (κ3) is 4.91. The quantitative estimate of drug-likeness (QED) is 0.866. The Hall–Kier alpha value is -1.79. The maximum atomic E-state index is 11.9. The molecule has 6 nitrogen and oxygen atoms in total. The number of rotatable bonds is 5. The van der Waals surface area contributed by atoms with Crippen LogP contribution in [0.25, 0.3) is 0 Å². The summed E-state index contributed by atoms with van der Waals surface area (Å²) in [5.74, 6) is 0.322. The Morgan fingerprint density at radius 2 is 2.10 bits per heavy atom. The summed E-state index contributed by atoms with van der Waals surface area (Å²) in [6.45, 7) is 2.18. The highest BCUT2D eigenvalue weighted by molar-refractivity contribution is 6.30. The number of carbonyl (C=O) groups is 2. The molecule has 0 aliphatic rings. The van der Waals surface area contributed by atoms with Crippen molar-refractivity contribution in [2.75, 3.05) is 21.2 Å². The monoisotopic (exact) mass is 313 g/mol. The van der Waals surface area contributed by atoms with Crippen molar-refractivity contribution in [1.29, 1.82) is 0 Å². The normalized spacial score (nSPS) is 11.9. The average Bonchev–Trinajstić information content (AvgIpc) is 2.46. The number of halogens is 1. The number of likely N-dealkylation sites (N-methyl/N-ethyl adjacent to an activating group) is 1. The van der Waals surface area contributed by atoms with E-state index < -0.39 is 12.1 Å². The summed E-state index contributed by atoms with van der Waals surface area (Å²) in [4.78, 5) is 24.8. The highest BCUT2D eigenvalue weighted by atomic mass is 35.5. The Balaban J connectivity index is 2.76. The molecular weight excluding hydrogens is 294 g/mol. The standard InChI is InChI=1S/C14H20ClN3O3/c1-9(13(19)17-14(20)16-2)18(3)8-10-7-11(15)5-6-12(10)21-4/h5-7,9H,8H2,1-4H3,(H2,16,17,19,20)/t9-/m0/s1. The molecule has 21 heavy (non-hydrogen) atoms. The zero-order valence-electron chi connectivity index (χ0n) is 12.6. The lowest BCUT2D eigenvalue weighted by atomic mass is 10.1. The summed E-state index contributed by atoms with van der Waals surface area (Å²) < 4.78 is 5.27. The van der Waals surface area contributed by atoms with E-state index in [4.69, 9.17) is 16.3 Å². The van der Waals surface area contributed by atoms with Gasteiger partial charge in [-0.3, -0.25) is 15.0 Å². The number of imide groups is 1. The zero-order chi connectivity index (χ0) is 16.0. The molecule has 1 aromatic carbocycles. The van der Waals surface area contributed by atoms with Crippen molar-refractivity contribution in [3.05, 3.63) is 28.8 Å². The smallest absolute Gasteiger partial charge is 0.321 e. The fourth-order valence-electron chi connectivity index (χ4n) is 1.76. The van der Waals surface area contributed by atoms with E-state index >= 15 is 0 Å². The van der Waals surface area contributed by atoms with Crippen LogP contribution in [-0.2, 0) is 11.3 Å². The van der Waals surface area contributed by atoms with Gasteiger partial charge in [0, 0.05) is 24.2 Å². The second-order valence-corrected chi connectivity index (χ2v) is 5.05. The van der Waals surface area contributed by atoms with Crippen molar-refractivity contribution in [2.24, 2.45) is 0 Å². The first kappa shape index (κ1) is 17.3. The van der Waals surface area contributed by atoms with Crippen molar-refractivity contribution in [3.8, 4) is 5.75 Å². The molecule has 116 valence electrons. The molecule has 0 spiro atoms. The van der Waals surface area contributed by atoms with Gasteiger partial charge in [0.2, 0.25) is 5.91 Å². The lowest BCUT2D eigenvalue weighted by Crippen LogP contribution is -2.47. The minimum absolute atomic E-state index is 0.377. The molecule has 7 heteroatoms. The van der Waals surface area contributed by atoms with Gasteiger partial charge in [-0.05, 0) is 32.2 Å². The van der Waals surface area contributed by atoms with Crippen LogP contribution >= 0.6 is 11.6 Å². The van der Waals surface area contributed by atoms with Crippen molar-refractivity contribution >= 4 is 23.5 Å². The number of amides is 3. The van der Waals surface area contributed by atoms with Crippen LogP contribution in [0, 0.1) is 0 Å². The molecule has 1 aromatic rings. The molecule has 0 heterocycles. The van der Waals surface area contributed by atoms with Crippen molar-refractivity contribution in [1.82, 2.24) is 15.5 Å². The first-order chi connectivity index (χ1) is 9.88. The summed E-state index contributed by atoms with van der Waals surface area (Å²) in [7, 11) is 4.82. The Bertz CT molecular complexity index is 522. The number of hydrogen-bond donors (Lipinski definition) is 2. The third-order valence-electron chi connectivity index (χ3n) is 3.17. The number of ether oxygens (including phenoxy) is 1. The van der Waals surface area contributed by atoms with Gasteiger partial charge < -0.3 is 10.1 Å². The number of urea groups is 1. The highest BCUT2D eigenvalue weighted by Gasteiger charge is 2.20. The van der Waals surface area contributed by atoms with Gasteiger partial charge in [-0.2, -0.15) is 0 Å². The molecule has 2 N–H and O–H groups in total. The second-order valence-electron chi connectivity index (χ2n) is 4.62. The maximum absolute atomic E-state index is 11.9. The maximum Gasteiger partial charge on any atom is 0.321 e. The van der Waals surface area contributed by atoms with Gasteiger partial charge in [0.15, 0.2) is 0 Å². The Morgan fingerprint density at radius 1 is 1.43 bits per heavy atom. The SMILES string of the molecule is CNC(=O)NC(=O)[C@H](C)N(C)Cc1cc(Cl)ccc1OC. The number of nitrogens with zero attached hydrogens (tertiary/aromatic N) is 1. The Labute approximate surface area is 129 Å². The Morgan fingerprint density at radius 3 is 2.67 bits per heavy atom. The molecule has 0 unspecified atom stereocenters. The topological polar surface area (TPSA) is 70.7 Å². The van der Waals surface area contributed by atoms with Crippen molar-refractivity contribution in [2.45, 2.75) is 19.5 Å². The second kappa shape index (κ2) is 7.85. The molecule has 0 radical (unpaired) electrons. The van der Waals surface area contributed by atoms with Gasteiger partial charge >= 0.3 is 6.03 Å². The van der Waals surface area contributed by atoms with Crippen LogP contribution in [0.4, 0.5) is 4.79 Å². The van der Waals surface area contributed by atoms with Crippen LogP contribution in [0.15, 0.2) is 18.2 Å². The summed E-state index contributed by atoms with van der Waals surface area (Å²) in [6.07, 6.45) is 0. The summed E-state index contributed by atoms with van der Waals surface area (Å²) >= 11 is 5.98. The van der Waals surface area contributed by atoms with Crippen molar-refractivity contribution < 1.29 is 14.3 Å². The molecule has 1 atom stereocenters. The number of methoxy groups -OCH3 is 1. The molecular formula is C14H20ClN3O3. The van der Waals surface area contributed by atoms with Crippen LogP contribution in [0.2, 0.25) is 5.02 Å². The van der Waals surface area contributed by atoms with E-state index in [0.29, 0.717) is 17.3 Å². The van der Waals surface area contributed by atoms with E-state index in [-0.39, 0.29) is 5.91 Å². The summed E-state index contributed by atoms with van der Waals surface area (Å²) in [5, 5.41) is 5.19. The molecule has 1 rings (SSSR count). The predicted octanol–water partition coefficient (Wildman–Crippen LogP) is 1.62. The number of benzene rings is 1.